The van der Waals surface area contributed by atoms with E-state index in [1.807, 2.05) is 47.0 Å². The highest BCUT2D eigenvalue weighted by molar-refractivity contribution is 5.84. The van der Waals surface area contributed by atoms with E-state index in [-0.39, 0.29) is 11.3 Å². The van der Waals surface area contributed by atoms with Crippen LogP contribution in [0.4, 0.5) is 5.82 Å². The van der Waals surface area contributed by atoms with Crippen molar-refractivity contribution in [3.8, 4) is 22.8 Å². The molecule has 0 spiro atoms. The Morgan fingerprint density at radius 2 is 1.87 bits per heavy atom. The van der Waals surface area contributed by atoms with Crippen LogP contribution in [0.1, 0.15) is 33.6 Å². The molecule has 0 fully saturated rings. The van der Waals surface area contributed by atoms with Gasteiger partial charge in [-0.2, -0.15) is 0 Å². The number of aldehydes is 1. The molecule has 0 saturated carbocycles. The number of nitrogens with one attached hydrogen (secondary N) is 1. The summed E-state index contributed by atoms with van der Waals surface area (Å²) in [7, 11) is 0. The fourth-order valence-electron chi connectivity index (χ4n) is 5.62. The maximum absolute atomic E-state index is 11.1. The molecule has 0 radical (unpaired) electrons. The number of aromatic hydroxyl groups is 1. The highest BCUT2D eigenvalue weighted by Crippen LogP contribution is 2.32. The van der Waals surface area contributed by atoms with Crippen molar-refractivity contribution in [1.82, 2.24) is 29.7 Å². The Hall–Kier alpha value is -5.39. The molecule has 1 aliphatic rings. The van der Waals surface area contributed by atoms with E-state index < -0.39 is 0 Å². The van der Waals surface area contributed by atoms with Gasteiger partial charge in [0, 0.05) is 38.1 Å². The van der Waals surface area contributed by atoms with Crippen molar-refractivity contribution >= 4 is 35.3 Å². The smallest absolute Gasteiger partial charge is 0.207 e. The molecule has 46 heavy (non-hydrogen) atoms. The molecule has 0 saturated heterocycles. The van der Waals surface area contributed by atoms with E-state index in [4.69, 9.17) is 20.4 Å². The zero-order valence-electron chi connectivity index (χ0n) is 25.3. The van der Waals surface area contributed by atoms with Crippen molar-refractivity contribution in [1.29, 1.82) is 0 Å². The minimum absolute atomic E-state index is 0.0252. The Labute approximate surface area is 266 Å². The number of nitrogen functional groups attached to an aromatic ring is 1. The summed E-state index contributed by atoms with van der Waals surface area (Å²) in [5, 5.41) is 12.8. The van der Waals surface area contributed by atoms with Gasteiger partial charge in [0.05, 0.1) is 30.0 Å². The van der Waals surface area contributed by atoms with Crippen molar-refractivity contribution in [2.75, 3.05) is 38.6 Å². The number of rotatable bonds is 13. The molecule has 4 heterocycles. The van der Waals surface area contributed by atoms with E-state index >= 15 is 0 Å². The molecular formula is C35H35N7O4. The van der Waals surface area contributed by atoms with Gasteiger partial charge in [0.1, 0.15) is 17.1 Å². The summed E-state index contributed by atoms with van der Waals surface area (Å²) in [6.45, 7) is 3.72. The summed E-state index contributed by atoms with van der Waals surface area (Å²) < 4.78 is 7.53. The Bertz CT molecular complexity index is 1880. The molecule has 5 aromatic rings. The molecule has 11 heteroatoms. The summed E-state index contributed by atoms with van der Waals surface area (Å²) in [6, 6.07) is 21.1. The highest BCUT2D eigenvalue weighted by atomic mass is 16.5. The number of hydrogen-bond acceptors (Lipinski definition) is 9. The molecule has 1 aliphatic heterocycles. The van der Waals surface area contributed by atoms with Crippen LogP contribution in [0.3, 0.4) is 0 Å². The Kier molecular flexibility index (Phi) is 9.42. The number of aromatic nitrogens is 4. The molecular weight excluding hydrogens is 582 g/mol. The third-order valence-electron chi connectivity index (χ3n) is 8.07. The van der Waals surface area contributed by atoms with Crippen LogP contribution in [0.25, 0.3) is 33.8 Å². The number of nitrogens with zero attached hydrogens (tertiary/aromatic N) is 5. The van der Waals surface area contributed by atoms with Gasteiger partial charge < -0.3 is 20.9 Å². The maximum Gasteiger partial charge on any atom is 0.207 e. The summed E-state index contributed by atoms with van der Waals surface area (Å²) in [5.74, 6) is 1.02. The Morgan fingerprint density at radius 3 is 2.61 bits per heavy atom. The molecule has 3 aromatic heterocycles. The topological polar surface area (TPSA) is 148 Å². The molecule has 2 aromatic carbocycles. The number of ether oxygens (including phenoxy) is 1. The van der Waals surface area contributed by atoms with E-state index in [0.29, 0.717) is 70.2 Å². The number of pyridine rings is 2. The minimum atomic E-state index is -0.0252. The zero-order valence-corrected chi connectivity index (χ0v) is 25.3. The molecule has 0 unspecified atom stereocenters. The molecule has 0 bridgehead atoms. The van der Waals surface area contributed by atoms with Crippen molar-refractivity contribution in [3.63, 3.8) is 0 Å². The first kappa shape index (κ1) is 30.6. The number of carbonyl (C=O) groups is 2. The normalized spacial score (nSPS) is 13.1. The largest absolute Gasteiger partial charge is 0.507 e. The first-order chi connectivity index (χ1) is 22.5. The third kappa shape index (κ3) is 6.80. The fourth-order valence-corrected chi connectivity index (χ4v) is 5.62. The van der Waals surface area contributed by atoms with Crippen molar-refractivity contribution in [2.45, 2.75) is 19.4 Å². The SMILES string of the molecule is Nc1ncccc1-c1nc2ccc(C3=CCOCC3)nc2n1-c1ccc(CN(CCNC=O)CCc2ccc(C=O)c(O)c2)cc1. The number of carbonyl (C=O) groups excluding carboxylic acids is 2. The number of hydrogen-bond donors (Lipinski definition) is 3. The average Bonchev–Trinajstić information content (AvgIpc) is 3.47. The molecule has 6 rings (SSSR count). The Balaban J connectivity index is 1.30. The fraction of sp³-hybridized carbons (Fsp3) is 0.229. The van der Waals surface area contributed by atoms with Gasteiger partial charge >= 0.3 is 0 Å². The summed E-state index contributed by atoms with van der Waals surface area (Å²) in [5.41, 5.74) is 13.7. The second-order valence-corrected chi connectivity index (χ2v) is 11.1. The molecule has 0 aliphatic carbocycles. The van der Waals surface area contributed by atoms with Gasteiger partial charge in [0.2, 0.25) is 6.41 Å². The number of amides is 1. The number of imidazole rings is 1. The van der Waals surface area contributed by atoms with Gasteiger partial charge in [0.25, 0.3) is 0 Å². The molecule has 4 N–H and O–H groups in total. The molecule has 1 amide bonds. The van der Waals surface area contributed by atoms with Crippen LogP contribution >= 0.6 is 0 Å². The van der Waals surface area contributed by atoms with Crippen LogP contribution in [-0.2, 0) is 22.5 Å². The van der Waals surface area contributed by atoms with Gasteiger partial charge in [-0.15, -0.1) is 0 Å². The van der Waals surface area contributed by atoms with Crippen LogP contribution in [0, 0.1) is 0 Å². The maximum atomic E-state index is 11.1. The summed E-state index contributed by atoms with van der Waals surface area (Å²) >= 11 is 0. The van der Waals surface area contributed by atoms with Gasteiger partial charge in [-0.25, -0.2) is 15.0 Å². The monoisotopic (exact) mass is 617 g/mol. The van der Waals surface area contributed by atoms with Crippen molar-refractivity contribution in [2.24, 2.45) is 0 Å². The average molecular weight is 618 g/mol. The van der Waals surface area contributed by atoms with Crippen LogP contribution in [-0.4, -0.2) is 75.1 Å². The predicted octanol–water partition coefficient (Wildman–Crippen LogP) is 4.18. The van der Waals surface area contributed by atoms with E-state index in [2.05, 4.69) is 33.4 Å². The molecule has 11 nitrogen and oxygen atoms in total. The predicted molar refractivity (Wildman–Crippen MR) is 176 cm³/mol. The lowest BCUT2D eigenvalue weighted by Crippen LogP contribution is -2.33. The Morgan fingerprint density at radius 1 is 1.02 bits per heavy atom. The van der Waals surface area contributed by atoms with Gasteiger partial charge in [-0.1, -0.05) is 24.3 Å². The third-order valence-corrected chi connectivity index (χ3v) is 8.07. The molecule has 0 atom stereocenters. The lowest BCUT2D eigenvalue weighted by Gasteiger charge is -2.23. The van der Waals surface area contributed by atoms with Gasteiger partial charge in [0.15, 0.2) is 17.8 Å². The van der Waals surface area contributed by atoms with Crippen LogP contribution in [0.2, 0.25) is 0 Å². The van der Waals surface area contributed by atoms with Crippen molar-refractivity contribution in [3.05, 3.63) is 101 Å². The number of nitrogens with two attached hydrogens (primary N) is 1. The summed E-state index contributed by atoms with van der Waals surface area (Å²) in [4.78, 5) is 38.5. The van der Waals surface area contributed by atoms with Crippen LogP contribution in [0.15, 0.2) is 79.0 Å². The standard InChI is InChI=1S/C35H35N7O4/c36-33-29(2-1-14-38-33)34-40-31-10-9-30(26-12-18-46-19-13-26)39-35(31)42(34)28-7-4-25(5-8-28)21-41(17-15-37-23-44)16-11-24-3-6-27(22-43)32(45)20-24/h1-10,12,14,20,22-23,45H,11,13,15-19,21H2,(H2,36,38)(H,37,44). The van der Waals surface area contributed by atoms with E-state index in [1.54, 1.807) is 18.3 Å². The van der Waals surface area contributed by atoms with Crippen molar-refractivity contribution < 1.29 is 19.4 Å². The van der Waals surface area contributed by atoms with Crippen LogP contribution in [0.5, 0.6) is 5.75 Å². The number of benzene rings is 2. The first-order valence-corrected chi connectivity index (χ1v) is 15.2. The van der Waals surface area contributed by atoms with E-state index in [0.717, 1.165) is 51.2 Å². The second kappa shape index (κ2) is 14.1. The van der Waals surface area contributed by atoms with Gasteiger partial charge in [-0.3, -0.25) is 19.1 Å². The lowest BCUT2D eigenvalue weighted by atomic mass is 10.1. The number of phenolic OH excluding ortho intramolecular Hbond substituents is 1. The van der Waals surface area contributed by atoms with E-state index in [1.165, 1.54) is 0 Å². The van der Waals surface area contributed by atoms with E-state index in [9.17, 15) is 14.7 Å². The summed E-state index contributed by atoms with van der Waals surface area (Å²) in [6.07, 6.45) is 6.54. The highest BCUT2D eigenvalue weighted by Gasteiger charge is 2.20. The first-order valence-electron chi connectivity index (χ1n) is 15.2. The second-order valence-electron chi connectivity index (χ2n) is 11.1. The number of anilines is 1. The number of fused-ring (bicyclic) bond motifs is 1. The zero-order chi connectivity index (χ0) is 31.9. The quantitative estimate of drug-likeness (QED) is 0.131. The lowest BCUT2D eigenvalue weighted by molar-refractivity contribution is -0.109. The molecule has 234 valence electrons. The van der Waals surface area contributed by atoms with Gasteiger partial charge in [-0.05, 0) is 78.1 Å². The number of phenols is 1. The van der Waals surface area contributed by atoms with Crippen LogP contribution < -0.4 is 11.1 Å². The minimum Gasteiger partial charge on any atom is -0.507 e.